The van der Waals surface area contributed by atoms with Crippen molar-refractivity contribution in [2.45, 2.75) is 44.9 Å². The zero-order valence-electron chi connectivity index (χ0n) is 17.9. The first-order valence-corrected chi connectivity index (χ1v) is 12.7. The van der Waals surface area contributed by atoms with E-state index >= 15 is 0 Å². The number of hydrogen-bond donors (Lipinski definition) is 1. The highest BCUT2D eigenvalue weighted by Gasteiger charge is 2.53. The number of nitrogens with two attached hydrogens (primary N) is 1. The molecular formula is C23H30N2O5S. The molecule has 0 bridgehead atoms. The third-order valence-electron chi connectivity index (χ3n) is 8.02. The molecule has 1 saturated heterocycles. The van der Waals surface area contributed by atoms with Gasteiger partial charge in [-0.05, 0) is 73.1 Å². The van der Waals surface area contributed by atoms with E-state index in [-0.39, 0.29) is 17.1 Å². The van der Waals surface area contributed by atoms with Gasteiger partial charge in [0.25, 0.3) is 0 Å². The van der Waals surface area contributed by atoms with Crippen molar-refractivity contribution in [2.75, 3.05) is 26.3 Å². The number of allylic oxidation sites excluding steroid dienone is 1. The second-order valence-corrected chi connectivity index (χ2v) is 10.7. The number of aryl methyl sites for hydroxylation is 1. The van der Waals surface area contributed by atoms with E-state index in [4.69, 9.17) is 14.1 Å². The van der Waals surface area contributed by atoms with Crippen LogP contribution in [-0.4, -0.2) is 45.5 Å². The summed E-state index contributed by atoms with van der Waals surface area (Å²) in [6.45, 7) is 4.90. The highest BCUT2D eigenvalue weighted by Crippen LogP contribution is 2.61. The molecular weight excluding hydrogens is 416 g/mol. The summed E-state index contributed by atoms with van der Waals surface area (Å²) >= 11 is 0. The van der Waals surface area contributed by atoms with Crippen LogP contribution in [0, 0.1) is 17.3 Å². The monoisotopic (exact) mass is 446 g/mol. The standard InChI is InChI=1S/C23H30N2O5S/c1-23-9-8-18-17-5-3-16(30-31(24,27)28)14-15(17)2-4-19(18)20(23)6-7-21(23)22(26)25-10-12-29-13-11-25/h3,5,7,14,18-20H,2,4,6,8-13H2,1H3,(H2,24,27,28). The molecule has 7 nitrogen and oxygen atoms in total. The first kappa shape index (κ1) is 21.0. The minimum absolute atomic E-state index is 0.0647. The highest BCUT2D eigenvalue weighted by atomic mass is 32.2. The molecule has 3 aliphatic carbocycles. The first-order valence-electron chi connectivity index (χ1n) is 11.2. The van der Waals surface area contributed by atoms with Crippen LogP contribution in [-0.2, 0) is 26.3 Å². The molecule has 5 rings (SSSR count). The number of fused-ring (bicyclic) bond motifs is 5. The zero-order valence-corrected chi connectivity index (χ0v) is 18.7. The van der Waals surface area contributed by atoms with Crippen LogP contribution >= 0.6 is 0 Å². The van der Waals surface area contributed by atoms with Crippen molar-refractivity contribution in [2.24, 2.45) is 22.4 Å². The largest absolute Gasteiger partial charge is 0.380 e. The minimum Gasteiger partial charge on any atom is -0.378 e. The number of amides is 1. The summed E-state index contributed by atoms with van der Waals surface area (Å²) in [6.07, 6.45) is 7.14. The summed E-state index contributed by atoms with van der Waals surface area (Å²) in [5.74, 6) is 1.92. The van der Waals surface area contributed by atoms with E-state index in [1.807, 2.05) is 17.0 Å². The Bertz CT molecular complexity index is 1030. The number of morpholine rings is 1. The van der Waals surface area contributed by atoms with E-state index in [1.165, 1.54) is 5.56 Å². The molecule has 31 heavy (non-hydrogen) atoms. The SMILES string of the molecule is CC12CCC3c4ccc(OS(N)(=O)=O)cc4CCC3C1CC=C2C(=O)N1CCOCC1. The molecule has 1 saturated carbocycles. The maximum absolute atomic E-state index is 13.3. The molecule has 0 radical (unpaired) electrons. The molecule has 1 aliphatic heterocycles. The van der Waals surface area contributed by atoms with E-state index < -0.39 is 10.3 Å². The Hall–Kier alpha value is -1.90. The molecule has 4 atom stereocenters. The van der Waals surface area contributed by atoms with Crippen molar-refractivity contribution in [3.05, 3.63) is 41.0 Å². The Labute approximate surface area is 183 Å². The Balaban J connectivity index is 1.37. The normalized spacial score (nSPS) is 32.5. The molecule has 1 aromatic rings. The molecule has 4 unspecified atom stereocenters. The number of carbonyl (C=O) groups excluding carboxylic acids is 1. The Kier molecular flexibility index (Phi) is 5.14. The fourth-order valence-corrected chi connectivity index (χ4v) is 6.95. The van der Waals surface area contributed by atoms with Gasteiger partial charge in [-0.15, -0.1) is 0 Å². The van der Waals surface area contributed by atoms with Gasteiger partial charge in [-0.1, -0.05) is 19.1 Å². The number of nitrogens with zero attached hydrogens (tertiary/aromatic N) is 1. The van der Waals surface area contributed by atoms with E-state index in [1.54, 1.807) is 6.07 Å². The van der Waals surface area contributed by atoms with Crippen LogP contribution in [0.4, 0.5) is 0 Å². The summed E-state index contributed by atoms with van der Waals surface area (Å²) in [5, 5.41) is 5.02. The lowest BCUT2D eigenvalue weighted by Crippen LogP contribution is -2.47. The summed E-state index contributed by atoms with van der Waals surface area (Å²) in [5.41, 5.74) is 3.40. The summed E-state index contributed by atoms with van der Waals surface area (Å²) in [7, 11) is -4.02. The van der Waals surface area contributed by atoms with E-state index in [0.717, 1.165) is 43.2 Å². The van der Waals surface area contributed by atoms with Gasteiger partial charge in [0.2, 0.25) is 5.91 Å². The lowest BCUT2D eigenvalue weighted by Gasteiger charge is -2.50. The van der Waals surface area contributed by atoms with Crippen LogP contribution in [0.25, 0.3) is 0 Å². The third-order valence-corrected chi connectivity index (χ3v) is 8.44. The minimum atomic E-state index is -4.02. The predicted molar refractivity (Wildman–Crippen MR) is 116 cm³/mol. The lowest BCUT2D eigenvalue weighted by molar-refractivity contribution is -0.133. The third kappa shape index (κ3) is 3.68. The van der Waals surface area contributed by atoms with Crippen molar-refractivity contribution in [1.82, 2.24) is 4.90 Å². The van der Waals surface area contributed by atoms with Gasteiger partial charge in [-0.3, -0.25) is 4.79 Å². The van der Waals surface area contributed by atoms with Gasteiger partial charge in [-0.25, -0.2) is 0 Å². The Morgan fingerprint density at radius 1 is 1.26 bits per heavy atom. The Morgan fingerprint density at radius 3 is 2.77 bits per heavy atom. The maximum Gasteiger partial charge on any atom is 0.380 e. The fourth-order valence-electron chi connectivity index (χ4n) is 6.58. The molecule has 0 aromatic heterocycles. The van der Waals surface area contributed by atoms with Crippen molar-refractivity contribution >= 4 is 16.2 Å². The van der Waals surface area contributed by atoms with Crippen molar-refractivity contribution in [3.8, 4) is 5.75 Å². The van der Waals surface area contributed by atoms with Crippen LogP contribution in [0.3, 0.4) is 0 Å². The van der Waals surface area contributed by atoms with Gasteiger partial charge in [0.05, 0.1) is 13.2 Å². The number of hydrogen-bond acceptors (Lipinski definition) is 5. The van der Waals surface area contributed by atoms with Crippen molar-refractivity contribution in [1.29, 1.82) is 0 Å². The van der Waals surface area contributed by atoms with Crippen LogP contribution in [0.5, 0.6) is 5.75 Å². The van der Waals surface area contributed by atoms with Crippen LogP contribution in [0.1, 0.15) is 49.7 Å². The van der Waals surface area contributed by atoms with Crippen molar-refractivity contribution < 1.29 is 22.1 Å². The van der Waals surface area contributed by atoms with Crippen molar-refractivity contribution in [3.63, 3.8) is 0 Å². The Morgan fingerprint density at radius 2 is 2.03 bits per heavy atom. The number of rotatable bonds is 3. The molecule has 1 heterocycles. The summed E-state index contributed by atoms with van der Waals surface area (Å²) in [4.78, 5) is 15.3. The number of ether oxygens (including phenoxy) is 1. The molecule has 4 aliphatic rings. The molecule has 2 fully saturated rings. The molecule has 168 valence electrons. The van der Waals surface area contributed by atoms with E-state index in [0.29, 0.717) is 44.1 Å². The number of carbonyl (C=O) groups is 1. The maximum atomic E-state index is 13.3. The smallest absolute Gasteiger partial charge is 0.378 e. The quantitative estimate of drug-likeness (QED) is 0.769. The van der Waals surface area contributed by atoms with Crippen LogP contribution in [0.2, 0.25) is 0 Å². The fraction of sp³-hybridized carbons (Fsp3) is 0.609. The molecule has 2 N–H and O–H groups in total. The van der Waals surface area contributed by atoms with Crippen LogP contribution in [0.15, 0.2) is 29.8 Å². The average Bonchev–Trinajstić information content (AvgIpc) is 3.09. The predicted octanol–water partition coefficient (Wildman–Crippen LogP) is 2.52. The van der Waals surface area contributed by atoms with Gasteiger partial charge < -0.3 is 13.8 Å². The molecule has 1 amide bonds. The van der Waals surface area contributed by atoms with Gasteiger partial charge in [0.1, 0.15) is 5.75 Å². The van der Waals surface area contributed by atoms with Gasteiger partial charge >= 0.3 is 10.3 Å². The van der Waals surface area contributed by atoms with E-state index in [9.17, 15) is 13.2 Å². The van der Waals surface area contributed by atoms with Gasteiger partial charge in [0, 0.05) is 24.1 Å². The second-order valence-electron chi connectivity index (χ2n) is 9.57. The highest BCUT2D eigenvalue weighted by molar-refractivity contribution is 7.84. The van der Waals surface area contributed by atoms with Gasteiger partial charge in [-0.2, -0.15) is 13.6 Å². The first-order chi connectivity index (χ1) is 14.8. The zero-order chi connectivity index (χ0) is 21.8. The lowest BCUT2D eigenvalue weighted by atomic mass is 9.54. The molecule has 1 aromatic carbocycles. The van der Waals surface area contributed by atoms with Crippen LogP contribution < -0.4 is 9.32 Å². The molecule has 8 heteroatoms. The second kappa shape index (κ2) is 7.60. The van der Waals surface area contributed by atoms with E-state index in [2.05, 4.69) is 13.0 Å². The average molecular weight is 447 g/mol. The number of benzene rings is 1. The summed E-state index contributed by atoms with van der Waals surface area (Å²) in [6, 6.07) is 5.54. The van der Waals surface area contributed by atoms with Gasteiger partial charge in [0.15, 0.2) is 0 Å². The summed E-state index contributed by atoms with van der Waals surface area (Å²) < 4.78 is 32.8. The molecule has 0 spiro atoms. The topological polar surface area (TPSA) is 98.9 Å².